The van der Waals surface area contributed by atoms with Crippen molar-refractivity contribution in [1.82, 2.24) is 5.32 Å². The van der Waals surface area contributed by atoms with Crippen molar-refractivity contribution in [2.75, 3.05) is 20.8 Å². The zero-order valence-electron chi connectivity index (χ0n) is 15.3. The van der Waals surface area contributed by atoms with E-state index in [1.54, 1.807) is 14.2 Å². The summed E-state index contributed by atoms with van der Waals surface area (Å²) in [6.07, 6.45) is 0.974. The molecule has 136 valence electrons. The van der Waals surface area contributed by atoms with Crippen molar-refractivity contribution in [1.29, 1.82) is 0 Å². The second kappa shape index (κ2) is 9.68. The monoisotopic (exact) mass is 407 g/mol. The normalized spacial score (nSPS) is 10.8. The van der Waals surface area contributed by atoms with E-state index in [-0.39, 0.29) is 6.10 Å². The van der Waals surface area contributed by atoms with Gasteiger partial charge >= 0.3 is 0 Å². The molecule has 0 aliphatic heterocycles. The molecule has 0 unspecified atom stereocenters. The first-order chi connectivity index (χ1) is 12.1. The summed E-state index contributed by atoms with van der Waals surface area (Å²) in [6.45, 7) is 5.55. The van der Waals surface area contributed by atoms with Crippen molar-refractivity contribution in [3.63, 3.8) is 0 Å². The second-order valence-electron chi connectivity index (χ2n) is 5.96. The fourth-order valence-electron chi connectivity index (χ4n) is 2.62. The molecule has 0 saturated carbocycles. The van der Waals surface area contributed by atoms with E-state index in [0.29, 0.717) is 6.54 Å². The molecule has 0 heterocycles. The highest BCUT2D eigenvalue weighted by Gasteiger charge is 2.15. The number of para-hydroxylation sites is 1. The summed E-state index contributed by atoms with van der Waals surface area (Å²) >= 11 is 3.62. The van der Waals surface area contributed by atoms with Crippen LogP contribution in [-0.4, -0.2) is 26.9 Å². The predicted octanol–water partition coefficient (Wildman–Crippen LogP) is 4.59. The van der Waals surface area contributed by atoms with Crippen LogP contribution in [0.4, 0.5) is 0 Å². The van der Waals surface area contributed by atoms with E-state index < -0.39 is 0 Å². The van der Waals surface area contributed by atoms with E-state index in [1.165, 1.54) is 5.56 Å². The van der Waals surface area contributed by atoms with E-state index in [1.807, 2.05) is 44.2 Å². The number of hydrogen-bond acceptors (Lipinski definition) is 4. The third-order valence-corrected chi connectivity index (χ3v) is 4.55. The van der Waals surface area contributed by atoms with E-state index in [9.17, 15) is 0 Å². The van der Waals surface area contributed by atoms with Crippen LogP contribution in [0.2, 0.25) is 0 Å². The summed E-state index contributed by atoms with van der Waals surface area (Å²) in [6, 6.07) is 12.0. The van der Waals surface area contributed by atoms with Crippen molar-refractivity contribution >= 4 is 15.9 Å². The summed E-state index contributed by atoms with van der Waals surface area (Å²) in [4.78, 5) is 0. The Hall–Kier alpha value is -1.72. The van der Waals surface area contributed by atoms with E-state index in [0.717, 1.165) is 40.3 Å². The maximum atomic E-state index is 5.99. The van der Waals surface area contributed by atoms with Gasteiger partial charge in [0.05, 0.1) is 20.3 Å². The minimum atomic E-state index is 0.0792. The second-order valence-corrected chi connectivity index (χ2v) is 6.82. The molecular formula is C20H26BrNO3. The fraction of sp³-hybridized carbons (Fsp3) is 0.400. The van der Waals surface area contributed by atoms with Crippen LogP contribution in [-0.2, 0) is 13.0 Å². The third kappa shape index (κ3) is 5.38. The topological polar surface area (TPSA) is 39.7 Å². The van der Waals surface area contributed by atoms with Gasteiger partial charge < -0.3 is 19.5 Å². The Bertz CT molecular complexity index is 689. The molecule has 5 heteroatoms. The molecule has 0 aromatic heterocycles. The zero-order valence-corrected chi connectivity index (χ0v) is 16.9. The summed E-state index contributed by atoms with van der Waals surface area (Å²) in [5.74, 6) is 2.46. The molecular weight excluding hydrogens is 382 g/mol. The van der Waals surface area contributed by atoms with Crippen LogP contribution in [0.15, 0.2) is 40.9 Å². The van der Waals surface area contributed by atoms with Gasteiger partial charge in [0, 0.05) is 16.6 Å². The van der Waals surface area contributed by atoms with Crippen LogP contribution in [0.5, 0.6) is 17.2 Å². The molecule has 0 saturated heterocycles. The van der Waals surface area contributed by atoms with Crippen molar-refractivity contribution in [2.24, 2.45) is 0 Å². The van der Waals surface area contributed by atoms with E-state index in [2.05, 4.69) is 27.3 Å². The summed E-state index contributed by atoms with van der Waals surface area (Å²) < 4.78 is 17.9. The summed E-state index contributed by atoms with van der Waals surface area (Å²) in [7, 11) is 3.37. The lowest BCUT2D eigenvalue weighted by Gasteiger charge is -2.19. The molecule has 4 nitrogen and oxygen atoms in total. The number of rotatable bonds is 9. The van der Waals surface area contributed by atoms with Crippen LogP contribution < -0.4 is 19.5 Å². The van der Waals surface area contributed by atoms with Gasteiger partial charge in [-0.05, 0) is 50.6 Å². The van der Waals surface area contributed by atoms with Crippen LogP contribution in [0.3, 0.4) is 0 Å². The largest absolute Gasteiger partial charge is 0.496 e. The average Bonchev–Trinajstić information content (AvgIpc) is 2.60. The zero-order chi connectivity index (χ0) is 18.2. The molecule has 2 aromatic carbocycles. The maximum Gasteiger partial charge on any atom is 0.167 e. The Morgan fingerprint density at radius 2 is 1.72 bits per heavy atom. The Morgan fingerprint density at radius 1 is 1.00 bits per heavy atom. The molecule has 0 atom stereocenters. The first-order valence-corrected chi connectivity index (χ1v) is 9.20. The van der Waals surface area contributed by atoms with Crippen molar-refractivity contribution in [2.45, 2.75) is 32.9 Å². The van der Waals surface area contributed by atoms with Gasteiger partial charge in [-0.2, -0.15) is 0 Å². The third-order valence-electron chi connectivity index (χ3n) is 3.81. The fourth-order valence-corrected chi connectivity index (χ4v) is 3.07. The Morgan fingerprint density at radius 3 is 2.40 bits per heavy atom. The van der Waals surface area contributed by atoms with Gasteiger partial charge in [-0.25, -0.2) is 0 Å². The van der Waals surface area contributed by atoms with Crippen molar-refractivity contribution in [3.05, 3.63) is 52.0 Å². The van der Waals surface area contributed by atoms with Gasteiger partial charge in [0.15, 0.2) is 11.5 Å². The summed E-state index contributed by atoms with van der Waals surface area (Å²) in [5, 5.41) is 3.49. The number of methoxy groups -OCH3 is 2. The Kier molecular flexibility index (Phi) is 7.59. The van der Waals surface area contributed by atoms with Gasteiger partial charge in [0.1, 0.15) is 5.75 Å². The quantitative estimate of drug-likeness (QED) is 0.617. The van der Waals surface area contributed by atoms with Crippen molar-refractivity contribution in [3.8, 4) is 17.2 Å². The molecule has 0 aliphatic rings. The Balaban J connectivity index is 2.04. The molecule has 1 N–H and O–H groups in total. The van der Waals surface area contributed by atoms with Gasteiger partial charge in [-0.15, -0.1) is 0 Å². The lowest BCUT2D eigenvalue weighted by Crippen LogP contribution is -2.19. The minimum absolute atomic E-state index is 0.0792. The van der Waals surface area contributed by atoms with Crippen molar-refractivity contribution < 1.29 is 14.2 Å². The van der Waals surface area contributed by atoms with Gasteiger partial charge in [0.2, 0.25) is 0 Å². The highest BCUT2D eigenvalue weighted by atomic mass is 79.9. The lowest BCUT2D eigenvalue weighted by molar-refractivity contribution is 0.227. The number of nitrogens with one attached hydrogen (secondary N) is 1. The minimum Gasteiger partial charge on any atom is -0.496 e. The highest BCUT2D eigenvalue weighted by Crippen LogP contribution is 2.36. The highest BCUT2D eigenvalue weighted by molar-refractivity contribution is 9.10. The predicted molar refractivity (Wildman–Crippen MR) is 105 cm³/mol. The van der Waals surface area contributed by atoms with Crippen LogP contribution in [0, 0.1) is 0 Å². The molecule has 25 heavy (non-hydrogen) atoms. The smallest absolute Gasteiger partial charge is 0.167 e. The Labute approximate surface area is 158 Å². The molecule has 0 radical (unpaired) electrons. The first kappa shape index (κ1) is 19.6. The SMILES string of the molecule is COc1ccccc1CCNCc1c(Br)ccc(OC)c1OC(C)C. The number of hydrogen-bond donors (Lipinski definition) is 1. The van der Waals surface area contributed by atoms with Gasteiger partial charge in [-0.3, -0.25) is 0 Å². The molecule has 2 rings (SSSR count). The molecule has 0 spiro atoms. The summed E-state index contributed by atoms with van der Waals surface area (Å²) in [5.41, 5.74) is 2.26. The number of benzene rings is 2. The lowest BCUT2D eigenvalue weighted by atomic mass is 10.1. The van der Waals surface area contributed by atoms with Gasteiger partial charge in [0.25, 0.3) is 0 Å². The first-order valence-electron chi connectivity index (χ1n) is 8.41. The average molecular weight is 408 g/mol. The van der Waals surface area contributed by atoms with Crippen LogP contribution >= 0.6 is 15.9 Å². The number of ether oxygens (including phenoxy) is 3. The maximum absolute atomic E-state index is 5.99. The van der Waals surface area contributed by atoms with E-state index >= 15 is 0 Å². The van der Waals surface area contributed by atoms with Gasteiger partial charge in [-0.1, -0.05) is 34.1 Å². The van der Waals surface area contributed by atoms with Crippen LogP contribution in [0.25, 0.3) is 0 Å². The molecule has 0 fully saturated rings. The standard InChI is InChI=1S/C20H26BrNO3/c1-14(2)25-20-16(17(21)9-10-19(20)24-4)13-22-12-11-15-7-5-6-8-18(15)23-3/h5-10,14,22H,11-13H2,1-4H3. The van der Waals surface area contributed by atoms with E-state index in [4.69, 9.17) is 14.2 Å². The molecule has 2 aromatic rings. The molecule has 0 amide bonds. The molecule has 0 bridgehead atoms. The number of halogens is 1. The molecule has 0 aliphatic carbocycles. The van der Waals surface area contributed by atoms with Crippen LogP contribution in [0.1, 0.15) is 25.0 Å².